The van der Waals surface area contributed by atoms with Gasteiger partial charge in [-0.15, -0.1) is 0 Å². The lowest BCUT2D eigenvalue weighted by molar-refractivity contribution is -0.122. The van der Waals surface area contributed by atoms with Gasteiger partial charge in [-0.05, 0) is 58.7 Å². The van der Waals surface area contributed by atoms with Gasteiger partial charge in [0.2, 0.25) is 5.91 Å². The second-order valence-corrected chi connectivity index (χ2v) is 6.88. The van der Waals surface area contributed by atoms with Gasteiger partial charge >= 0.3 is 0 Å². The van der Waals surface area contributed by atoms with Crippen LogP contribution in [0.2, 0.25) is 0 Å². The number of amides is 1. The number of hydrogen-bond donors (Lipinski definition) is 1. The predicted octanol–water partition coefficient (Wildman–Crippen LogP) is 3.18. The second kappa shape index (κ2) is 7.87. The van der Waals surface area contributed by atoms with Crippen molar-refractivity contribution >= 4 is 32.7 Å². The van der Waals surface area contributed by atoms with Crippen LogP contribution in [-0.4, -0.2) is 22.6 Å². The maximum absolute atomic E-state index is 13.4. The van der Waals surface area contributed by atoms with Gasteiger partial charge in [-0.1, -0.05) is 6.07 Å². The van der Waals surface area contributed by atoms with E-state index in [1.807, 2.05) is 19.1 Å². The zero-order valence-corrected chi connectivity index (χ0v) is 16.3. The van der Waals surface area contributed by atoms with Crippen LogP contribution in [0, 0.1) is 5.82 Å². The van der Waals surface area contributed by atoms with Crippen molar-refractivity contribution in [3.8, 4) is 5.75 Å². The van der Waals surface area contributed by atoms with Gasteiger partial charge in [-0.3, -0.25) is 14.2 Å². The number of methoxy groups -OCH3 is 1. The van der Waals surface area contributed by atoms with Crippen LogP contribution in [0.4, 0.5) is 4.39 Å². The molecule has 1 heterocycles. The number of nitrogens with one attached hydrogen (secondary N) is 1. The minimum atomic E-state index is -0.526. The fraction of sp³-hybridized carbons (Fsp3) is 0.211. The van der Waals surface area contributed by atoms with Crippen molar-refractivity contribution in [3.63, 3.8) is 0 Å². The van der Waals surface area contributed by atoms with Gasteiger partial charge < -0.3 is 10.1 Å². The average Bonchev–Trinajstić information content (AvgIpc) is 2.64. The maximum Gasteiger partial charge on any atom is 0.261 e. The van der Waals surface area contributed by atoms with Crippen molar-refractivity contribution in [2.75, 3.05) is 7.11 Å². The number of hydrogen-bond acceptors (Lipinski definition) is 4. The maximum atomic E-state index is 13.4. The lowest BCUT2D eigenvalue weighted by Gasteiger charge is -2.16. The minimum absolute atomic E-state index is 0.137. The summed E-state index contributed by atoms with van der Waals surface area (Å²) < 4.78 is 20.5. The van der Waals surface area contributed by atoms with Crippen LogP contribution < -0.4 is 15.6 Å². The number of carbonyl (C=O) groups is 1. The molecule has 0 radical (unpaired) electrons. The molecule has 6 nitrogen and oxygen atoms in total. The van der Waals surface area contributed by atoms with Crippen LogP contribution in [0.5, 0.6) is 5.75 Å². The van der Waals surface area contributed by atoms with E-state index in [-0.39, 0.29) is 23.9 Å². The van der Waals surface area contributed by atoms with E-state index in [4.69, 9.17) is 4.74 Å². The third-order valence-electron chi connectivity index (χ3n) is 4.15. The lowest BCUT2D eigenvalue weighted by atomic mass is 10.1. The molecule has 3 aromatic rings. The first-order valence-electron chi connectivity index (χ1n) is 8.16. The number of carbonyl (C=O) groups excluding carboxylic acids is 1. The predicted molar refractivity (Wildman–Crippen MR) is 103 cm³/mol. The molecule has 140 valence electrons. The summed E-state index contributed by atoms with van der Waals surface area (Å²) in [5, 5.41) is 2.97. The fourth-order valence-corrected chi connectivity index (χ4v) is 3.28. The Hall–Kier alpha value is -2.74. The van der Waals surface area contributed by atoms with Crippen molar-refractivity contribution in [3.05, 3.63) is 68.9 Å². The molecule has 0 aliphatic rings. The number of fused-ring (bicyclic) bond motifs is 1. The highest BCUT2D eigenvalue weighted by Gasteiger charge is 2.13. The Morgan fingerprint density at radius 2 is 2.11 bits per heavy atom. The van der Waals surface area contributed by atoms with Crippen LogP contribution in [0.15, 0.2) is 52.0 Å². The van der Waals surface area contributed by atoms with Crippen molar-refractivity contribution in [1.29, 1.82) is 0 Å². The highest BCUT2D eigenvalue weighted by molar-refractivity contribution is 9.10. The molecule has 0 bridgehead atoms. The number of nitrogens with zero attached hydrogens (tertiary/aromatic N) is 2. The van der Waals surface area contributed by atoms with Gasteiger partial charge in [0, 0.05) is 0 Å². The molecule has 0 aliphatic heterocycles. The molecule has 1 unspecified atom stereocenters. The van der Waals surface area contributed by atoms with Crippen LogP contribution in [0.25, 0.3) is 10.9 Å². The Morgan fingerprint density at radius 3 is 2.81 bits per heavy atom. The second-order valence-electron chi connectivity index (χ2n) is 6.02. The molecule has 0 spiro atoms. The zero-order chi connectivity index (χ0) is 19.6. The Bertz CT molecular complexity index is 1070. The number of benzene rings is 2. The van der Waals surface area contributed by atoms with E-state index >= 15 is 0 Å². The summed E-state index contributed by atoms with van der Waals surface area (Å²) in [7, 11) is 1.58. The van der Waals surface area contributed by atoms with Gasteiger partial charge in [0.1, 0.15) is 18.1 Å². The Labute approximate surface area is 163 Å². The van der Waals surface area contributed by atoms with E-state index < -0.39 is 11.4 Å². The standard InChI is InChI=1S/C19H17BrFN3O3/c1-11(12-3-6-17(27-2)15(20)7-12)23-18(25)9-24-10-22-16-5-4-13(21)8-14(16)19(24)26/h3-8,10-11H,9H2,1-2H3,(H,23,25). The van der Waals surface area contributed by atoms with Gasteiger partial charge in [0.05, 0.1) is 34.9 Å². The number of ether oxygens (including phenoxy) is 1. The third kappa shape index (κ3) is 4.16. The van der Waals surface area contributed by atoms with Crippen LogP contribution >= 0.6 is 15.9 Å². The normalized spacial score (nSPS) is 12.0. The monoisotopic (exact) mass is 433 g/mol. The first kappa shape index (κ1) is 19.0. The van der Waals surface area contributed by atoms with Crippen molar-refractivity contribution in [2.24, 2.45) is 0 Å². The number of halogens is 2. The Morgan fingerprint density at radius 1 is 1.33 bits per heavy atom. The minimum Gasteiger partial charge on any atom is -0.496 e. The van der Waals surface area contributed by atoms with E-state index in [0.717, 1.165) is 20.7 Å². The number of rotatable bonds is 5. The molecule has 1 amide bonds. The quantitative estimate of drug-likeness (QED) is 0.670. The third-order valence-corrected chi connectivity index (χ3v) is 4.77. The molecular weight excluding hydrogens is 417 g/mol. The van der Waals surface area contributed by atoms with Gasteiger partial charge in [0.25, 0.3) is 5.56 Å². The molecule has 2 aromatic carbocycles. The SMILES string of the molecule is COc1ccc(C(C)NC(=O)Cn2cnc3ccc(F)cc3c2=O)cc1Br. The summed E-state index contributed by atoms with van der Waals surface area (Å²) in [5.74, 6) is -0.185. The summed E-state index contributed by atoms with van der Waals surface area (Å²) >= 11 is 3.41. The molecular formula is C19H17BrFN3O3. The van der Waals surface area contributed by atoms with Crippen molar-refractivity contribution < 1.29 is 13.9 Å². The zero-order valence-electron chi connectivity index (χ0n) is 14.7. The molecule has 8 heteroatoms. The highest BCUT2D eigenvalue weighted by atomic mass is 79.9. The van der Waals surface area contributed by atoms with Crippen LogP contribution in [-0.2, 0) is 11.3 Å². The summed E-state index contributed by atoms with van der Waals surface area (Å²) in [6.45, 7) is 1.63. The molecule has 0 saturated heterocycles. The largest absolute Gasteiger partial charge is 0.496 e. The molecule has 0 fully saturated rings. The fourth-order valence-electron chi connectivity index (χ4n) is 2.72. The summed E-state index contributed by atoms with van der Waals surface area (Å²) in [6.07, 6.45) is 1.29. The van der Waals surface area contributed by atoms with Gasteiger partial charge in [0.15, 0.2) is 0 Å². The smallest absolute Gasteiger partial charge is 0.261 e. The summed E-state index contributed by atoms with van der Waals surface area (Å²) in [5.41, 5.74) is 0.797. The van der Waals surface area contributed by atoms with Crippen LogP contribution in [0.1, 0.15) is 18.5 Å². The average molecular weight is 434 g/mol. The van der Waals surface area contributed by atoms with Crippen molar-refractivity contribution in [2.45, 2.75) is 19.5 Å². The Kier molecular flexibility index (Phi) is 5.55. The molecule has 1 atom stereocenters. The molecule has 27 heavy (non-hydrogen) atoms. The van der Waals surface area contributed by atoms with E-state index in [2.05, 4.69) is 26.2 Å². The van der Waals surface area contributed by atoms with E-state index in [9.17, 15) is 14.0 Å². The van der Waals surface area contributed by atoms with E-state index in [0.29, 0.717) is 11.3 Å². The molecule has 0 aliphatic carbocycles. The Balaban J connectivity index is 1.76. The topological polar surface area (TPSA) is 73.2 Å². The highest BCUT2D eigenvalue weighted by Crippen LogP contribution is 2.27. The molecule has 1 aromatic heterocycles. The number of aromatic nitrogens is 2. The summed E-state index contributed by atoms with van der Waals surface area (Å²) in [4.78, 5) is 28.9. The molecule has 1 N–H and O–H groups in total. The molecule has 3 rings (SSSR count). The van der Waals surface area contributed by atoms with Crippen LogP contribution in [0.3, 0.4) is 0 Å². The lowest BCUT2D eigenvalue weighted by Crippen LogP contribution is -2.34. The molecule has 0 saturated carbocycles. The van der Waals surface area contributed by atoms with Crippen molar-refractivity contribution in [1.82, 2.24) is 14.9 Å². The first-order valence-corrected chi connectivity index (χ1v) is 8.96. The van der Waals surface area contributed by atoms with Gasteiger partial charge in [-0.25, -0.2) is 9.37 Å². The van der Waals surface area contributed by atoms with Gasteiger partial charge in [-0.2, -0.15) is 0 Å². The summed E-state index contributed by atoms with van der Waals surface area (Å²) in [6, 6.07) is 9.02. The van der Waals surface area contributed by atoms with E-state index in [1.54, 1.807) is 13.2 Å². The van der Waals surface area contributed by atoms with E-state index in [1.165, 1.54) is 18.5 Å². The first-order chi connectivity index (χ1) is 12.9.